The smallest absolute Gasteiger partial charge is 0.307 e. The molecule has 0 unspecified atom stereocenters. The number of fused-ring (bicyclic) bond motifs is 1. The fraction of sp³-hybridized carbons (Fsp3) is 0.417. The fourth-order valence-corrected chi connectivity index (χ4v) is 1.82. The number of methoxy groups -OCH3 is 1. The number of ether oxygens (including phenoxy) is 2. The number of carbonyl (C=O) groups excluding carboxylic acids is 1. The van der Waals surface area contributed by atoms with Crippen molar-refractivity contribution in [3.63, 3.8) is 0 Å². The molecule has 1 aliphatic rings. The van der Waals surface area contributed by atoms with E-state index in [1.165, 1.54) is 7.11 Å². The Morgan fingerprint density at radius 1 is 1.62 bits per heavy atom. The van der Waals surface area contributed by atoms with Crippen LogP contribution < -0.4 is 10.5 Å². The Bertz CT molecular complexity index is 403. The van der Waals surface area contributed by atoms with Crippen LogP contribution >= 0.6 is 0 Å². The summed E-state index contributed by atoms with van der Waals surface area (Å²) in [4.78, 5) is 11.1. The van der Waals surface area contributed by atoms with Gasteiger partial charge in [-0.3, -0.25) is 4.79 Å². The lowest BCUT2D eigenvalue weighted by atomic mass is 10.0. The van der Waals surface area contributed by atoms with Crippen LogP contribution in [0.5, 0.6) is 5.75 Å². The molecule has 0 amide bonds. The van der Waals surface area contributed by atoms with Crippen molar-refractivity contribution in [3.8, 4) is 5.75 Å². The second-order valence-electron chi connectivity index (χ2n) is 3.85. The van der Waals surface area contributed by atoms with E-state index in [0.717, 1.165) is 29.9 Å². The third-order valence-electron chi connectivity index (χ3n) is 2.76. The SMILES string of the molecule is COC(=O)C[C@@H](N)c1ccc2c(c1)CCO2. The molecule has 0 saturated carbocycles. The summed E-state index contributed by atoms with van der Waals surface area (Å²) in [6.45, 7) is 0.727. The Labute approximate surface area is 94.3 Å². The van der Waals surface area contributed by atoms with Crippen LogP contribution in [0.1, 0.15) is 23.6 Å². The lowest BCUT2D eigenvalue weighted by Gasteiger charge is -2.11. The van der Waals surface area contributed by atoms with Gasteiger partial charge in [-0.2, -0.15) is 0 Å². The Balaban J connectivity index is 2.12. The lowest BCUT2D eigenvalue weighted by Crippen LogP contribution is -2.16. The van der Waals surface area contributed by atoms with E-state index < -0.39 is 0 Å². The van der Waals surface area contributed by atoms with Gasteiger partial charge in [-0.1, -0.05) is 12.1 Å². The van der Waals surface area contributed by atoms with E-state index in [2.05, 4.69) is 4.74 Å². The third kappa shape index (κ3) is 2.17. The van der Waals surface area contributed by atoms with E-state index in [0.29, 0.717) is 0 Å². The molecule has 0 radical (unpaired) electrons. The minimum atomic E-state index is -0.307. The van der Waals surface area contributed by atoms with Gasteiger partial charge in [0, 0.05) is 12.5 Å². The fourth-order valence-electron chi connectivity index (χ4n) is 1.82. The highest BCUT2D eigenvalue weighted by Crippen LogP contribution is 2.28. The van der Waals surface area contributed by atoms with Crippen molar-refractivity contribution in [1.82, 2.24) is 0 Å². The predicted octanol–water partition coefficient (Wildman–Crippen LogP) is 1.18. The minimum absolute atomic E-state index is 0.205. The molecule has 2 N–H and O–H groups in total. The zero-order valence-electron chi connectivity index (χ0n) is 9.23. The number of rotatable bonds is 3. The summed E-state index contributed by atoms with van der Waals surface area (Å²) in [5.41, 5.74) is 8.04. The molecular weight excluding hydrogens is 206 g/mol. The molecule has 0 aromatic heterocycles. The number of hydrogen-bond donors (Lipinski definition) is 1. The number of benzene rings is 1. The van der Waals surface area contributed by atoms with Crippen LogP contribution in [0.15, 0.2) is 18.2 Å². The van der Waals surface area contributed by atoms with Gasteiger partial charge < -0.3 is 15.2 Å². The highest BCUT2D eigenvalue weighted by Gasteiger charge is 2.16. The topological polar surface area (TPSA) is 61.5 Å². The Hall–Kier alpha value is -1.55. The molecule has 4 nitrogen and oxygen atoms in total. The number of nitrogens with two attached hydrogens (primary N) is 1. The van der Waals surface area contributed by atoms with E-state index >= 15 is 0 Å². The molecule has 0 bridgehead atoms. The van der Waals surface area contributed by atoms with E-state index in [1.807, 2.05) is 18.2 Å². The van der Waals surface area contributed by atoms with Crippen LogP contribution in [-0.2, 0) is 16.0 Å². The second-order valence-corrected chi connectivity index (χ2v) is 3.85. The third-order valence-corrected chi connectivity index (χ3v) is 2.76. The van der Waals surface area contributed by atoms with Gasteiger partial charge in [0.1, 0.15) is 5.75 Å². The highest BCUT2D eigenvalue weighted by molar-refractivity contribution is 5.70. The molecule has 1 heterocycles. The lowest BCUT2D eigenvalue weighted by molar-refractivity contribution is -0.141. The summed E-state index contributed by atoms with van der Waals surface area (Å²) >= 11 is 0. The summed E-state index contributed by atoms with van der Waals surface area (Å²) in [6.07, 6.45) is 1.12. The molecular formula is C12H15NO3. The molecule has 86 valence electrons. The maximum absolute atomic E-state index is 11.1. The molecule has 1 aromatic carbocycles. The molecule has 0 aliphatic carbocycles. The molecule has 1 atom stereocenters. The summed E-state index contributed by atoms with van der Waals surface area (Å²) < 4.78 is 9.99. The first-order valence-electron chi connectivity index (χ1n) is 5.28. The molecule has 1 aromatic rings. The quantitative estimate of drug-likeness (QED) is 0.779. The van der Waals surface area contributed by atoms with Crippen LogP contribution in [0.2, 0.25) is 0 Å². The first kappa shape index (κ1) is 11.0. The average Bonchev–Trinajstić information content (AvgIpc) is 2.75. The van der Waals surface area contributed by atoms with Crippen molar-refractivity contribution >= 4 is 5.97 Å². The van der Waals surface area contributed by atoms with Crippen molar-refractivity contribution in [3.05, 3.63) is 29.3 Å². The monoisotopic (exact) mass is 221 g/mol. The average molecular weight is 221 g/mol. The standard InChI is InChI=1S/C12H15NO3/c1-15-12(14)7-10(13)8-2-3-11-9(6-8)4-5-16-11/h2-3,6,10H,4-5,7,13H2,1H3/t10-/m1/s1. The van der Waals surface area contributed by atoms with Crippen molar-refractivity contribution < 1.29 is 14.3 Å². The van der Waals surface area contributed by atoms with Gasteiger partial charge in [0.05, 0.1) is 20.1 Å². The van der Waals surface area contributed by atoms with Gasteiger partial charge in [-0.05, 0) is 17.2 Å². The minimum Gasteiger partial charge on any atom is -0.493 e. The summed E-state index contributed by atoms with van der Waals surface area (Å²) in [5.74, 6) is 0.637. The predicted molar refractivity (Wildman–Crippen MR) is 59.2 cm³/mol. The van der Waals surface area contributed by atoms with Crippen LogP contribution in [0, 0.1) is 0 Å². The summed E-state index contributed by atoms with van der Waals surface area (Å²) in [7, 11) is 1.37. The molecule has 0 fully saturated rings. The maximum Gasteiger partial charge on any atom is 0.307 e. The van der Waals surface area contributed by atoms with Crippen LogP contribution in [0.25, 0.3) is 0 Å². The van der Waals surface area contributed by atoms with Gasteiger partial charge >= 0.3 is 5.97 Å². The Morgan fingerprint density at radius 3 is 3.19 bits per heavy atom. The summed E-state index contributed by atoms with van der Waals surface area (Å²) in [6, 6.07) is 5.51. The van der Waals surface area contributed by atoms with Crippen molar-refractivity contribution in [2.75, 3.05) is 13.7 Å². The maximum atomic E-state index is 11.1. The van der Waals surface area contributed by atoms with Crippen LogP contribution in [-0.4, -0.2) is 19.7 Å². The Kier molecular flexibility index (Phi) is 3.10. The van der Waals surface area contributed by atoms with Crippen molar-refractivity contribution in [1.29, 1.82) is 0 Å². The number of carbonyl (C=O) groups is 1. The van der Waals surface area contributed by atoms with Crippen molar-refractivity contribution in [2.24, 2.45) is 5.73 Å². The molecule has 0 saturated heterocycles. The molecule has 0 spiro atoms. The van der Waals surface area contributed by atoms with Gasteiger partial charge in [0.2, 0.25) is 0 Å². The van der Waals surface area contributed by atoms with E-state index in [9.17, 15) is 4.79 Å². The van der Waals surface area contributed by atoms with E-state index in [-0.39, 0.29) is 18.4 Å². The van der Waals surface area contributed by atoms with Gasteiger partial charge in [-0.25, -0.2) is 0 Å². The number of esters is 1. The largest absolute Gasteiger partial charge is 0.493 e. The normalized spacial score (nSPS) is 15.1. The zero-order chi connectivity index (χ0) is 11.5. The highest BCUT2D eigenvalue weighted by atomic mass is 16.5. The molecule has 16 heavy (non-hydrogen) atoms. The van der Waals surface area contributed by atoms with Crippen LogP contribution in [0.3, 0.4) is 0 Å². The first-order valence-corrected chi connectivity index (χ1v) is 5.28. The molecule has 1 aliphatic heterocycles. The van der Waals surface area contributed by atoms with E-state index in [1.54, 1.807) is 0 Å². The molecule has 2 rings (SSSR count). The van der Waals surface area contributed by atoms with Crippen LogP contribution in [0.4, 0.5) is 0 Å². The van der Waals surface area contributed by atoms with Crippen molar-refractivity contribution in [2.45, 2.75) is 18.9 Å². The van der Waals surface area contributed by atoms with E-state index in [4.69, 9.17) is 10.5 Å². The summed E-state index contributed by atoms with van der Waals surface area (Å²) in [5, 5.41) is 0. The van der Waals surface area contributed by atoms with Gasteiger partial charge in [-0.15, -0.1) is 0 Å². The number of hydrogen-bond acceptors (Lipinski definition) is 4. The van der Waals surface area contributed by atoms with Gasteiger partial charge in [0.15, 0.2) is 0 Å². The zero-order valence-corrected chi connectivity index (χ0v) is 9.23. The second kappa shape index (κ2) is 4.53. The molecule has 4 heteroatoms. The first-order chi connectivity index (χ1) is 7.70. The Morgan fingerprint density at radius 2 is 2.44 bits per heavy atom. The van der Waals surface area contributed by atoms with Gasteiger partial charge in [0.25, 0.3) is 0 Å².